The molecule has 16 rings (SSSR count). The lowest BCUT2D eigenvalue weighted by atomic mass is 9.91. The highest BCUT2D eigenvalue weighted by atomic mass is 14.8. The lowest BCUT2D eigenvalue weighted by molar-refractivity contribution is 1.17. The smallest absolute Gasteiger partial charge is 0.115 e. The molecular weight excluding hydrogens is 1170 g/mol. The fourth-order valence-electron chi connectivity index (χ4n) is 12.4. The average Bonchev–Trinajstić information content (AvgIpc) is 0.972. The van der Waals surface area contributed by atoms with Crippen molar-refractivity contribution >= 4 is 0 Å². The van der Waals surface area contributed by atoms with Crippen molar-refractivity contribution < 1.29 is 0 Å². The number of rotatable bonds is 14. The maximum absolute atomic E-state index is 4.43. The molecule has 7 heteroatoms. The molecule has 0 fully saturated rings. The Morgan fingerprint density at radius 3 is 0.594 bits per heavy atom. The van der Waals surface area contributed by atoms with Crippen LogP contribution in [0.1, 0.15) is 0 Å². The normalized spacial score (nSPS) is 10.9. The second kappa shape index (κ2) is 27.9. The Kier molecular flexibility index (Phi) is 17.2. The highest BCUT2D eigenvalue weighted by Crippen LogP contribution is 2.40. The SMILES string of the molecule is c1ccc(-c2cc(-c3cccc(-c4cccc(-c5ccncc5)c4)c3)cc(-c3cccc(-c4cccc(-c5cncnc5)c4)c3)c2)cc1.c1cncc(-c2cc(-c3cccc(-c4cccc(-c5ccncc5)c4)c3)cc(-c3cccc(-c4cccc(-c5cncnc5)c4)c3)c2)c1. The lowest BCUT2D eigenvalue weighted by Gasteiger charge is -2.14. The zero-order valence-electron chi connectivity index (χ0n) is 52.3. The first-order valence-electron chi connectivity index (χ1n) is 31.9. The highest BCUT2D eigenvalue weighted by molar-refractivity contribution is 5.88. The van der Waals surface area contributed by atoms with Crippen LogP contribution in [0, 0.1) is 0 Å². The molecule has 11 aromatic carbocycles. The standard InChI is InChI=1S/C45H31N3.C44H30N4/c1-2-8-32(9-3-1)42-26-43(39-15-5-12-36(23-39)35-11-4-10-34(22-35)33-18-20-46-21-19-33)28-44(27-42)40-16-6-13-37(24-40)38-14-7-17-41(25-38)45-29-47-31-48-30-45;1-6-32(31-15-18-45-19-16-31)20-33(7-1)34-8-2-11-37(21-34)41-24-42(26-43(25-41)40-14-5-17-46-27-40)38-12-3-9-35(22-38)36-10-4-13-39(23-36)44-28-47-30-48-29-44/h1-31H;1-30H. The van der Waals surface area contributed by atoms with E-state index in [-0.39, 0.29) is 0 Å². The van der Waals surface area contributed by atoms with Gasteiger partial charge in [0.25, 0.3) is 0 Å². The van der Waals surface area contributed by atoms with Gasteiger partial charge >= 0.3 is 0 Å². The van der Waals surface area contributed by atoms with Crippen LogP contribution in [0.5, 0.6) is 0 Å². The molecule has 0 radical (unpaired) electrons. The van der Waals surface area contributed by atoms with Gasteiger partial charge in [0.05, 0.1) is 0 Å². The van der Waals surface area contributed by atoms with E-state index in [0.717, 1.165) is 89.0 Å². The van der Waals surface area contributed by atoms with Crippen molar-refractivity contribution in [3.63, 3.8) is 0 Å². The molecular formula is C89H61N7. The van der Waals surface area contributed by atoms with E-state index < -0.39 is 0 Å². The summed E-state index contributed by atoms with van der Waals surface area (Å²) in [7, 11) is 0. The second-order valence-corrected chi connectivity index (χ2v) is 23.6. The Morgan fingerprint density at radius 1 is 0.115 bits per heavy atom. The van der Waals surface area contributed by atoms with Gasteiger partial charge in [-0.2, -0.15) is 0 Å². The summed E-state index contributed by atoms with van der Waals surface area (Å²) in [6.45, 7) is 0. The van der Waals surface area contributed by atoms with Crippen LogP contribution in [0.15, 0.2) is 372 Å². The van der Waals surface area contributed by atoms with E-state index in [1.54, 1.807) is 12.7 Å². The minimum absolute atomic E-state index is 0.996. The largest absolute Gasteiger partial charge is 0.265 e. The van der Waals surface area contributed by atoms with Crippen LogP contribution < -0.4 is 0 Å². The van der Waals surface area contributed by atoms with Crippen molar-refractivity contribution in [2.24, 2.45) is 0 Å². The first kappa shape index (κ1) is 59.3. The number of hydrogen-bond acceptors (Lipinski definition) is 7. The molecule has 0 spiro atoms. The summed E-state index contributed by atoms with van der Waals surface area (Å²) < 4.78 is 0. The molecule has 16 aromatic rings. The summed E-state index contributed by atoms with van der Waals surface area (Å²) in [5.74, 6) is 0. The van der Waals surface area contributed by atoms with E-state index in [2.05, 4.69) is 314 Å². The quantitative estimate of drug-likeness (QED) is 0.107. The highest BCUT2D eigenvalue weighted by Gasteiger charge is 2.15. The minimum Gasteiger partial charge on any atom is -0.265 e. The van der Waals surface area contributed by atoms with E-state index in [4.69, 9.17) is 0 Å². The fourth-order valence-corrected chi connectivity index (χ4v) is 12.4. The topological polar surface area (TPSA) is 90.2 Å². The predicted octanol–water partition coefficient (Wildman–Crippen LogP) is 22.5. The van der Waals surface area contributed by atoms with Gasteiger partial charge < -0.3 is 0 Å². The van der Waals surface area contributed by atoms with Gasteiger partial charge in [0.2, 0.25) is 0 Å². The molecule has 0 aliphatic heterocycles. The molecule has 0 N–H and O–H groups in total. The molecule has 7 nitrogen and oxygen atoms in total. The summed E-state index contributed by atoms with van der Waals surface area (Å²) >= 11 is 0. The van der Waals surface area contributed by atoms with Crippen LogP contribution in [0.3, 0.4) is 0 Å². The molecule has 5 heterocycles. The maximum Gasteiger partial charge on any atom is 0.115 e. The van der Waals surface area contributed by atoms with Gasteiger partial charge in [0.1, 0.15) is 12.7 Å². The van der Waals surface area contributed by atoms with Gasteiger partial charge in [0.15, 0.2) is 0 Å². The van der Waals surface area contributed by atoms with Crippen molar-refractivity contribution in [3.8, 4) is 156 Å². The Hall–Kier alpha value is -13.0. The van der Waals surface area contributed by atoms with Gasteiger partial charge in [-0.15, -0.1) is 0 Å². The summed E-state index contributed by atoms with van der Waals surface area (Å²) in [6, 6.07) is 106. The first-order valence-corrected chi connectivity index (χ1v) is 31.9. The van der Waals surface area contributed by atoms with Crippen molar-refractivity contribution in [2.75, 3.05) is 0 Å². The maximum atomic E-state index is 4.43. The number of pyridine rings is 3. The molecule has 0 aliphatic carbocycles. The Bertz CT molecular complexity index is 4710. The number of aromatic nitrogens is 7. The van der Waals surface area contributed by atoms with Crippen LogP contribution in [-0.4, -0.2) is 34.9 Å². The minimum atomic E-state index is 0.996. The van der Waals surface area contributed by atoms with Crippen LogP contribution in [0.4, 0.5) is 0 Å². The fraction of sp³-hybridized carbons (Fsp3) is 0. The van der Waals surface area contributed by atoms with Crippen LogP contribution in [0.2, 0.25) is 0 Å². The Labute approximate surface area is 559 Å². The zero-order valence-corrected chi connectivity index (χ0v) is 52.3. The summed E-state index contributed by atoms with van der Waals surface area (Å²) in [6.07, 6.45) is 21.6. The van der Waals surface area contributed by atoms with Gasteiger partial charge in [0, 0.05) is 78.7 Å². The van der Waals surface area contributed by atoms with E-state index in [1.165, 1.54) is 66.8 Å². The van der Waals surface area contributed by atoms with E-state index in [0.29, 0.717) is 0 Å². The molecule has 0 amide bonds. The summed E-state index contributed by atoms with van der Waals surface area (Å²) in [4.78, 5) is 29.6. The molecule has 5 aromatic heterocycles. The second-order valence-electron chi connectivity index (χ2n) is 23.6. The molecule has 0 saturated carbocycles. The lowest BCUT2D eigenvalue weighted by Crippen LogP contribution is -1.89. The Balaban J connectivity index is 0.000000158. The van der Waals surface area contributed by atoms with Gasteiger partial charge in [-0.1, -0.05) is 182 Å². The van der Waals surface area contributed by atoms with Crippen LogP contribution >= 0.6 is 0 Å². The third kappa shape index (κ3) is 13.6. The molecule has 452 valence electrons. The van der Waals surface area contributed by atoms with Crippen LogP contribution in [0.25, 0.3) is 156 Å². The number of nitrogens with zero attached hydrogens (tertiary/aromatic N) is 7. The van der Waals surface area contributed by atoms with Crippen molar-refractivity contribution in [1.29, 1.82) is 0 Å². The third-order valence-electron chi connectivity index (χ3n) is 17.4. The van der Waals surface area contributed by atoms with E-state index in [9.17, 15) is 0 Å². The first-order chi connectivity index (χ1) is 47.5. The molecule has 0 saturated heterocycles. The van der Waals surface area contributed by atoms with Crippen molar-refractivity contribution in [1.82, 2.24) is 34.9 Å². The zero-order chi connectivity index (χ0) is 64.2. The average molecular weight is 1230 g/mol. The molecule has 0 atom stereocenters. The van der Waals surface area contributed by atoms with E-state index >= 15 is 0 Å². The van der Waals surface area contributed by atoms with Gasteiger partial charge in [-0.05, 0) is 254 Å². The van der Waals surface area contributed by atoms with E-state index in [1.807, 2.05) is 80.2 Å². The molecule has 96 heavy (non-hydrogen) atoms. The van der Waals surface area contributed by atoms with Crippen molar-refractivity contribution in [3.05, 3.63) is 372 Å². The summed E-state index contributed by atoms with van der Waals surface area (Å²) in [5, 5.41) is 0. The molecule has 0 unspecified atom stereocenters. The van der Waals surface area contributed by atoms with Crippen molar-refractivity contribution in [2.45, 2.75) is 0 Å². The Morgan fingerprint density at radius 2 is 0.312 bits per heavy atom. The van der Waals surface area contributed by atoms with Gasteiger partial charge in [-0.25, -0.2) is 19.9 Å². The molecule has 0 aliphatic rings. The monoisotopic (exact) mass is 1230 g/mol. The predicted molar refractivity (Wildman–Crippen MR) is 394 cm³/mol. The number of hydrogen-bond donors (Lipinski definition) is 0. The summed E-state index contributed by atoms with van der Waals surface area (Å²) in [5.41, 5.74) is 32.0. The number of benzene rings is 11. The van der Waals surface area contributed by atoms with Crippen LogP contribution in [-0.2, 0) is 0 Å². The third-order valence-corrected chi connectivity index (χ3v) is 17.4. The van der Waals surface area contributed by atoms with Gasteiger partial charge in [-0.3, -0.25) is 15.0 Å². The molecule has 0 bridgehead atoms.